The lowest BCUT2D eigenvalue weighted by atomic mass is 9.89. The molecule has 19 heavy (non-hydrogen) atoms. The van der Waals surface area contributed by atoms with E-state index in [0.29, 0.717) is 6.42 Å². The first-order valence-corrected chi connectivity index (χ1v) is 6.97. The van der Waals surface area contributed by atoms with Crippen molar-refractivity contribution in [3.05, 3.63) is 12.2 Å². The zero-order valence-corrected chi connectivity index (χ0v) is 12.1. The molecule has 0 aliphatic heterocycles. The molecule has 1 aliphatic rings. The molecule has 0 aromatic carbocycles. The van der Waals surface area contributed by atoms with Crippen molar-refractivity contribution in [2.75, 3.05) is 7.11 Å². The standard InChI is InChI=1S/C15H24O4/c1-4-5-6-7-13-12(10-15(17)18-3)8-9-14(13)19-11(2)16/h5-6,12-14H,4,7-10H2,1-3H3/b6-5-/t12-,13-,14+/m0/s1. The molecular weight excluding hydrogens is 244 g/mol. The summed E-state index contributed by atoms with van der Waals surface area (Å²) in [6, 6.07) is 0. The number of hydrogen-bond acceptors (Lipinski definition) is 4. The topological polar surface area (TPSA) is 52.6 Å². The van der Waals surface area contributed by atoms with Gasteiger partial charge in [0.05, 0.1) is 7.11 Å². The quantitative estimate of drug-likeness (QED) is 0.549. The highest BCUT2D eigenvalue weighted by Gasteiger charge is 2.38. The fraction of sp³-hybridized carbons (Fsp3) is 0.733. The third-order valence-electron chi connectivity index (χ3n) is 3.69. The number of allylic oxidation sites excluding steroid dienone is 2. The Balaban J connectivity index is 2.65. The van der Waals surface area contributed by atoms with E-state index in [2.05, 4.69) is 19.1 Å². The lowest BCUT2D eigenvalue weighted by Gasteiger charge is -2.22. The van der Waals surface area contributed by atoms with Gasteiger partial charge in [0.2, 0.25) is 0 Å². The fourth-order valence-electron chi connectivity index (χ4n) is 2.78. The second kappa shape index (κ2) is 7.97. The number of methoxy groups -OCH3 is 1. The van der Waals surface area contributed by atoms with E-state index in [4.69, 9.17) is 9.47 Å². The molecule has 0 radical (unpaired) electrons. The van der Waals surface area contributed by atoms with Crippen LogP contribution in [0.15, 0.2) is 12.2 Å². The Morgan fingerprint density at radius 1 is 1.26 bits per heavy atom. The van der Waals surface area contributed by atoms with Crippen molar-refractivity contribution in [3.63, 3.8) is 0 Å². The van der Waals surface area contributed by atoms with Crippen LogP contribution in [-0.2, 0) is 19.1 Å². The van der Waals surface area contributed by atoms with Gasteiger partial charge in [-0.15, -0.1) is 0 Å². The van der Waals surface area contributed by atoms with Gasteiger partial charge in [-0.2, -0.15) is 0 Å². The van der Waals surface area contributed by atoms with Gasteiger partial charge in [-0.05, 0) is 31.6 Å². The molecule has 1 saturated carbocycles. The fourth-order valence-corrected chi connectivity index (χ4v) is 2.78. The zero-order valence-electron chi connectivity index (χ0n) is 12.1. The average Bonchev–Trinajstić information content (AvgIpc) is 2.72. The van der Waals surface area contributed by atoms with Crippen molar-refractivity contribution in [1.29, 1.82) is 0 Å². The summed E-state index contributed by atoms with van der Waals surface area (Å²) < 4.78 is 10.1. The summed E-state index contributed by atoms with van der Waals surface area (Å²) in [5.41, 5.74) is 0. The predicted octanol–water partition coefficient (Wildman–Crippen LogP) is 2.86. The zero-order chi connectivity index (χ0) is 14.3. The molecule has 0 aromatic rings. The number of carbonyl (C=O) groups is 2. The normalized spacial score (nSPS) is 26.6. The first kappa shape index (κ1) is 15.7. The Hall–Kier alpha value is -1.32. The molecule has 0 bridgehead atoms. The maximum atomic E-state index is 11.4. The smallest absolute Gasteiger partial charge is 0.305 e. The van der Waals surface area contributed by atoms with Crippen molar-refractivity contribution < 1.29 is 19.1 Å². The molecule has 0 unspecified atom stereocenters. The van der Waals surface area contributed by atoms with Gasteiger partial charge in [0.15, 0.2) is 0 Å². The molecule has 0 aromatic heterocycles. The predicted molar refractivity (Wildman–Crippen MR) is 72.4 cm³/mol. The van der Waals surface area contributed by atoms with Crippen molar-refractivity contribution in [2.24, 2.45) is 11.8 Å². The van der Waals surface area contributed by atoms with Gasteiger partial charge in [0.1, 0.15) is 6.10 Å². The van der Waals surface area contributed by atoms with Gasteiger partial charge < -0.3 is 9.47 Å². The van der Waals surface area contributed by atoms with Crippen LogP contribution in [0.3, 0.4) is 0 Å². The molecule has 4 nitrogen and oxygen atoms in total. The Kier molecular flexibility index (Phi) is 6.60. The molecular formula is C15H24O4. The molecule has 0 N–H and O–H groups in total. The molecule has 108 valence electrons. The molecule has 3 atom stereocenters. The van der Waals surface area contributed by atoms with E-state index >= 15 is 0 Å². The van der Waals surface area contributed by atoms with Gasteiger partial charge >= 0.3 is 11.9 Å². The molecule has 0 heterocycles. The summed E-state index contributed by atoms with van der Waals surface area (Å²) in [5.74, 6) is 0.0511. The van der Waals surface area contributed by atoms with Crippen LogP contribution < -0.4 is 0 Å². The second-order valence-corrected chi connectivity index (χ2v) is 5.04. The third-order valence-corrected chi connectivity index (χ3v) is 3.69. The minimum atomic E-state index is -0.242. The highest BCUT2D eigenvalue weighted by molar-refractivity contribution is 5.69. The molecule has 1 fully saturated rings. The minimum Gasteiger partial charge on any atom is -0.469 e. The van der Waals surface area contributed by atoms with E-state index in [9.17, 15) is 9.59 Å². The van der Waals surface area contributed by atoms with Gasteiger partial charge in [0, 0.05) is 19.3 Å². The van der Waals surface area contributed by atoms with Crippen LogP contribution in [0.5, 0.6) is 0 Å². The van der Waals surface area contributed by atoms with E-state index < -0.39 is 0 Å². The van der Waals surface area contributed by atoms with Gasteiger partial charge in [-0.25, -0.2) is 0 Å². The van der Waals surface area contributed by atoms with Crippen LogP contribution >= 0.6 is 0 Å². The Labute approximate surface area is 115 Å². The van der Waals surface area contributed by atoms with Crippen molar-refractivity contribution in [2.45, 2.75) is 52.1 Å². The molecule has 0 amide bonds. The van der Waals surface area contributed by atoms with Crippen LogP contribution in [0, 0.1) is 11.8 Å². The van der Waals surface area contributed by atoms with E-state index in [1.807, 2.05) is 0 Å². The third kappa shape index (κ3) is 5.05. The summed E-state index contributed by atoms with van der Waals surface area (Å²) in [4.78, 5) is 22.6. The van der Waals surface area contributed by atoms with Crippen molar-refractivity contribution in [3.8, 4) is 0 Å². The van der Waals surface area contributed by atoms with Crippen LogP contribution in [0.1, 0.15) is 46.0 Å². The number of esters is 2. The average molecular weight is 268 g/mol. The minimum absolute atomic E-state index is 0.0614. The van der Waals surface area contributed by atoms with E-state index in [1.165, 1.54) is 14.0 Å². The van der Waals surface area contributed by atoms with Gasteiger partial charge in [-0.3, -0.25) is 9.59 Å². The SMILES string of the molecule is CC/C=C\C[C@H]1[C@H](CC(=O)OC)CC[C@H]1OC(C)=O. The highest BCUT2D eigenvalue weighted by Crippen LogP contribution is 2.39. The van der Waals surface area contributed by atoms with Crippen LogP contribution in [-0.4, -0.2) is 25.2 Å². The maximum absolute atomic E-state index is 11.4. The first-order valence-electron chi connectivity index (χ1n) is 6.97. The van der Waals surface area contributed by atoms with Crippen LogP contribution in [0.25, 0.3) is 0 Å². The van der Waals surface area contributed by atoms with Crippen LogP contribution in [0.4, 0.5) is 0 Å². The highest BCUT2D eigenvalue weighted by atomic mass is 16.5. The summed E-state index contributed by atoms with van der Waals surface area (Å²) >= 11 is 0. The van der Waals surface area contributed by atoms with Gasteiger partial charge in [0.25, 0.3) is 0 Å². The number of carbonyl (C=O) groups excluding carboxylic acids is 2. The number of ether oxygens (including phenoxy) is 2. The Morgan fingerprint density at radius 3 is 2.58 bits per heavy atom. The molecule has 1 rings (SSSR count). The largest absolute Gasteiger partial charge is 0.469 e. The summed E-state index contributed by atoms with van der Waals surface area (Å²) in [6.07, 6.45) is 8.19. The van der Waals surface area contributed by atoms with Crippen LogP contribution in [0.2, 0.25) is 0 Å². The van der Waals surface area contributed by atoms with E-state index in [-0.39, 0.29) is 29.9 Å². The van der Waals surface area contributed by atoms with Crippen molar-refractivity contribution in [1.82, 2.24) is 0 Å². The summed E-state index contributed by atoms with van der Waals surface area (Å²) in [5, 5.41) is 0. The van der Waals surface area contributed by atoms with E-state index in [0.717, 1.165) is 25.7 Å². The summed E-state index contributed by atoms with van der Waals surface area (Å²) in [7, 11) is 1.41. The number of rotatable bonds is 6. The lowest BCUT2D eigenvalue weighted by molar-refractivity contribution is -0.148. The molecule has 0 spiro atoms. The summed E-state index contributed by atoms with van der Waals surface area (Å²) in [6.45, 7) is 3.52. The molecule has 1 aliphatic carbocycles. The Bertz CT molecular complexity index is 335. The Morgan fingerprint density at radius 2 is 2.00 bits per heavy atom. The lowest BCUT2D eigenvalue weighted by Crippen LogP contribution is -2.25. The number of hydrogen-bond donors (Lipinski definition) is 0. The first-order chi connectivity index (χ1) is 9.08. The molecule has 4 heteroatoms. The molecule has 0 saturated heterocycles. The van der Waals surface area contributed by atoms with Gasteiger partial charge in [-0.1, -0.05) is 19.1 Å². The van der Waals surface area contributed by atoms with E-state index in [1.54, 1.807) is 0 Å². The van der Waals surface area contributed by atoms with Crippen molar-refractivity contribution >= 4 is 11.9 Å². The second-order valence-electron chi connectivity index (χ2n) is 5.04. The maximum Gasteiger partial charge on any atom is 0.305 e. The monoisotopic (exact) mass is 268 g/mol.